The summed E-state index contributed by atoms with van der Waals surface area (Å²) in [5.41, 5.74) is 0.761. The van der Waals surface area contributed by atoms with E-state index in [9.17, 15) is 30.0 Å². The fourth-order valence-electron chi connectivity index (χ4n) is 10.0. The van der Waals surface area contributed by atoms with Crippen LogP contribution in [0.3, 0.4) is 0 Å². The number of hydrogen-bond acceptors (Lipinski definition) is 15. The van der Waals surface area contributed by atoms with Crippen LogP contribution in [0.2, 0.25) is 0 Å². The quantitative estimate of drug-likeness (QED) is 0.209. The Morgan fingerprint density at radius 1 is 0.820 bits per heavy atom. The van der Waals surface area contributed by atoms with Gasteiger partial charge in [-0.3, -0.25) is 9.59 Å². The Kier molecular flexibility index (Phi) is 20.3. The number of hydrogen-bond donors (Lipinski definition) is 4. The maximum atomic E-state index is 14.0. The summed E-state index contributed by atoms with van der Waals surface area (Å²) in [7, 11) is 6.54. The number of rotatable bonds is 12. The Bertz CT molecular complexity index is 1420. The fourth-order valence-corrected chi connectivity index (χ4v) is 10.0. The van der Waals surface area contributed by atoms with Crippen molar-refractivity contribution in [2.75, 3.05) is 54.6 Å². The first kappa shape index (κ1) is 51.8. The van der Waals surface area contributed by atoms with Crippen LogP contribution in [0.15, 0.2) is 23.8 Å². The van der Waals surface area contributed by atoms with Crippen molar-refractivity contribution in [3.05, 3.63) is 23.8 Å². The zero-order chi connectivity index (χ0) is 45.3. The van der Waals surface area contributed by atoms with Crippen LogP contribution >= 0.6 is 0 Å². The monoisotopic (exact) mass is 869 g/mol. The maximum absolute atomic E-state index is 14.0. The van der Waals surface area contributed by atoms with Gasteiger partial charge < -0.3 is 63.4 Å². The second-order valence-electron chi connectivity index (χ2n) is 18.9. The van der Waals surface area contributed by atoms with Crippen LogP contribution < -0.4 is 0 Å². The van der Waals surface area contributed by atoms with Crippen molar-refractivity contribution >= 4 is 11.8 Å². The van der Waals surface area contributed by atoms with Crippen LogP contribution in [0.25, 0.3) is 0 Å². The van der Waals surface area contributed by atoms with Gasteiger partial charge in [-0.25, -0.2) is 0 Å². The topological polar surface area (TPSA) is 186 Å². The van der Waals surface area contributed by atoms with Gasteiger partial charge in [0, 0.05) is 45.1 Å². The summed E-state index contributed by atoms with van der Waals surface area (Å²) in [4.78, 5) is 32.1. The minimum atomic E-state index is -1.23. The van der Waals surface area contributed by atoms with Gasteiger partial charge in [0.25, 0.3) is 0 Å². The summed E-state index contributed by atoms with van der Waals surface area (Å²) < 4.78 is 42.6. The van der Waals surface area contributed by atoms with Crippen molar-refractivity contribution < 1.29 is 63.2 Å². The van der Waals surface area contributed by atoms with Gasteiger partial charge in [-0.1, -0.05) is 52.3 Å². The summed E-state index contributed by atoms with van der Waals surface area (Å²) in [5.74, 6) is -1.46. The van der Waals surface area contributed by atoms with Crippen LogP contribution in [-0.2, 0) is 42.7 Å². The zero-order valence-electron chi connectivity index (χ0n) is 38.9. The molecule has 61 heavy (non-hydrogen) atoms. The summed E-state index contributed by atoms with van der Waals surface area (Å²) >= 11 is 0. The van der Waals surface area contributed by atoms with Crippen molar-refractivity contribution in [3.8, 4) is 0 Å². The molecule has 3 saturated heterocycles. The minimum absolute atomic E-state index is 0.0427. The summed E-state index contributed by atoms with van der Waals surface area (Å²) in [6.07, 6.45) is -2.96. The molecule has 0 aliphatic carbocycles. The van der Waals surface area contributed by atoms with Gasteiger partial charge in [0.1, 0.15) is 30.5 Å². The number of carbonyl (C=O) groups is 2. The van der Waals surface area contributed by atoms with Crippen LogP contribution in [0, 0.1) is 35.5 Å². The maximum Gasteiger partial charge on any atom is 0.308 e. The highest BCUT2D eigenvalue weighted by Gasteiger charge is 2.48. The highest BCUT2D eigenvalue weighted by atomic mass is 16.7. The molecule has 4 aliphatic rings. The van der Waals surface area contributed by atoms with Gasteiger partial charge in [-0.2, -0.15) is 0 Å². The van der Waals surface area contributed by atoms with Crippen molar-refractivity contribution in [3.63, 3.8) is 0 Å². The number of methoxy groups -OCH3 is 2. The van der Waals surface area contributed by atoms with Gasteiger partial charge in [-0.05, 0) is 90.9 Å². The lowest BCUT2D eigenvalue weighted by atomic mass is 9.79. The molecule has 0 bridgehead atoms. The molecule has 15 heteroatoms. The number of allylic oxidation sites excluding steroid dienone is 3. The molecule has 0 aromatic carbocycles. The van der Waals surface area contributed by atoms with Gasteiger partial charge in [0.15, 0.2) is 18.4 Å². The molecule has 0 saturated carbocycles. The summed E-state index contributed by atoms with van der Waals surface area (Å²) in [6.45, 7) is 18.2. The first-order chi connectivity index (χ1) is 28.8. The molecular formula is C46H80N2O13. The molecule has 0 spiro atoms. The Morgan fingerprint density at radius 2 is 1.44 bits per heavy atom. The number of likely N-dealkylation sites (tertiary alicyclic amines) is 1. The Morgan fingerprint density at radius 3 is 2.05 bits per heavy atom. The summed E-state index contributed by atoms with van der Waals surface area (Å²) in [6, 6.07) is -0.684. The number of carbonyl (C=O) groups excluding carboxylic acids is 2. The van der Waals surface area contributed by atoms with Crippen molar-refractivity contribution in [2.24, 2.45) is 35.5 Å². The normalized spacial score (nSPS) is 43.0. The van der Waals surface area contributed by atoms with Crippen molar-refractivity contribution in [1.82, 2.24) is 9.80 Å². The average Bonchev–Trinajstić information content (AvgIpc) is 3.19. The van der Waals surface area contributed by atoms with Crippen molar-refractivity contribution in [1.29, 1.82) is 0 Å². The van der Waals surface area contributed by atoms with Gasteiger partial charge in [0.2, 0.25) is 0 Å². The second-order valence-corrected chi connectivity index (χ2v) is 18.9. The van der Waals surface area contributed by atoms with Gasteiger partial charge in [0.05, 0.1) is 49.6 Å². The number of aliphatic hydroxyl groups is 4. The lowest BCUT2D eigenvalue weighted by Crippen LogP contribution is -2.63. The molecule has 15 nitrogen and oxygen atoms in total. The van der Waals surface area contributed by atoms with E-state index in [1.807, 2.05) is 33.8 Å². The van der Waals surface area contributed by atoms with E-state index in [0.717, 1.165) is 25.2 Å². The van der Waals surface area contributed by atoms with E-state index in [1.165, 1.54) is 20.6 Å². The number of ketones is 1. The predicted octanol–water partition coefficient (Wildman–Crippen LogP) is 3.34. The molecule has 0 unspecified atom stereocenters. The second kappa shape index (κ2) is 23.9. The third-order valence-electron chi connectivity index (χ3n) is 13.5. The van der Waals surface area contributed by atoms with E-state index < -0.39 is 103 Å². The smallest absolute Gasteiger partial charge is 0.308 e. The van der Waals surface area contributed by atoms with E-state index in [4.69, 9.17) is 33.2 Å². The SMILES string of the molecule is CC[C@@H]1OC(=O)C[C@H](O)[C@H](C)[C@H](O[C@@H]2O[C@H](C)[C@H](O)[C@H](N(C)C)[C@@H]2O)[C@H](CCN2C[C@H](C)C[C@H](C)C2)C[C@H](C)C(=O)C=CC(C)=C[C@@H]1CO[C@@H]1O[C@H](C)[C@H](O)[C@@H](OC)[C@@H]1OC. The minimum Gasteiger partial charge on any atom is -0.462 e. The zero-order valence-corrected chi connectivity index (χ0v) is 38.9. The molecule has 4 N–H and O–H groups in total. The lowest BCUT2D eigenvalue weighted by Gasteiger charge is -2.47. The van der Waals surface area contributed by atoms with E-state index >= 15 is 0 Å². The third kappa shape index (κ3) is 13.8. The van der Waals surface area contributed by atoms with Crippen LogP contribution in [0.1, 0.15) is 87.5 Å². The highest BCUT2D eigenvalue weighted by Crippen LogP contribution is 2.36. The van der Waals surface area contributed by atoms with Crippen LogP contribution in [0.4, 0.5) is 0 Å². The highest BCUT2D eigenvalue weighted by molar-refractivity contribution is 5.91. The number of esters is 1. The van der Waals surface area contributed by atoms with E-state index in [-0.39, 0.29) is 24.7 Å². The number of cyclic esters (lactones) is 1. The Labute approximate surface area is 365 Å². The first-order valence-corrected chi connectivity index (χ1v) is 22.6. The standard InChI is InChI=1S/C46H80N2O13/c1-13-36-33(24-57-46-44(56-12)43(55-11)40(53)31(8)59-46)19-25(2)14-15-34(49)28(5)20-32(16-17-48-22-26(3)18-27(4)23-48)42(29(6)35(50)21-37(51)60-36)61-45-41(54)38(47(9)10)39(52)30(7)58-45/h14-15,19,26-33,35-36,38-46,50,52-54H,13,16-18,20-24H2,1-12H3/t26-,27+,28-,29-,30+,31+,32+,33+,35-,36-,38-,39-,40-,41-,42-,43+,44-,45-,46+/m0/s1. The molecule has 4 heterocycles. The fraction of sp³-hybridized carbons (Fsp3) is 0.870. The first-order valence-electron chi connectivity index (χ1n) is 22.6. The Balaban J connectivity index is 1.68. The van der Waals surface area contributed by atoms with E-state index in [0.29, 0.717) is 31.1 Å². The molecular weight excluding hydrogens is 789 g/mol. The van der Waals surface area contributed by atoms with E-state index in [1.54, 1.807) is 45.0 Å². The number of aliphatic hydroxyl groups excluding tert-OH is 4. The molecule has 4 rings (SSSR count). The predicted molar refractivity (Wildman–Crippen MR) is 229 cm³/mol. The number of likely N-dealkylation sites (N-methyl/N-ethyl adjacent to an activating group) is 1. The van der Waals surface area contributed by atoms with Crippen LogP contribution in [-0.4, -0.2) is 176 Å². The van der Waals surface area contributed by atoms with Gasteiger partial charge in [-0.15, -0.1) is 0 Å². The molecule has 0 radical (unpaired) electrons. The summed E-state index contributed by atoms with van der Waals surface area (Å²) in [5, 5.41) is 45.3. The number of ether oxygens (including phenoxy) is 7. The molecule has 3 fully saturated rings. The molecule has 352 valence electrons. The molecule has 4 aliphatic heterocycles. The molecule has 0 amide bonds. The van der Waals surface area contributed by atoms with Crippen molar-refractivity contribution in [2.45, 2.75) is 167 Å². The van der Waals surface area contributed by atoms with Crippen LogP contribution in [0.5, 0.6) is 0 Å². The average molecular weight is 869 g/mol. The largest absolute Gasteiger partial charge is 0.462 e. The van der Waals surface area contributed by atoms with E-state index in [2.05, 4.69) is 18.7 Å². The molecule has 0 aromatic rings. The number of nitrogens with zero attached hydrogens (tertiary/aromatic N) is 2. The molecule has 0 aromatic heterocycles. The number of piperidine rings is 1. The molecule has 19 atom stereocenters. The third-order valence-corrected chi connectivity index (χ3v) is 13.5. The Hall–Kier alpha value is -1.86. The lowest BCUT2D eigenvalue weighted by molar-refractivity contribution is -0.304. The van der Waals surface area contributed by atoms with Gasteiger partial charge >= 0.3 is 5.97 Å².